The summed E-state index contributed by atoms with van der Waals surface area (Å²) in [6.07, 6.45) is 3.63. The Morgan fingerprint density at radius 3 is 2.06 bits per heavy atom. The van der Waals surface area contributed by atoms with Gasteiger partial charge in [0.1, 0.15) is 6.29 Å². The number of carbonyl (C=O) groups excluding carboxylic acids is 1. The molecule has 3 nitrogen and oxygen atoms in total. The molecule has 0 rings (SSSR count). The number of aldehydes is 1. The van der Waals surface area contributed by atoms with E-state index in [9.17, 15) is 4.79 Å². The Hall–Kier alpha value is -0.923. The quantitative estimate of drug-likeness (QED) is 0.434. The third kappa shape index (κ3) is 4.39. The maximum atomic E-state index is 11.2. The summed E-state index contributed by atoms with van der Waals surface area (Å²) in [5.41, 5.74) is -0.622. The van der Waals surface area contributed by atoms with E-state index in [0.29, 0.717) is 0 Å². The molecule has 18 heavy (non-hydrogen) atoms. The van der Waals surface area contributed by atoms with Gasteiger partial charge >= 0.3 is 0 Å². The molecule has 0 aromatic heterocycles. The summed E-state index contributed by atoms with van der Waals surface area (Å²) in [7, 11) is -1.96. The predicted molar refractivity (Wildman–Crippen MR) is 76.7 cm³/mol. The van der Waals surface area contributed by atoms with Crippen molar-refractivity contribution in [3.05, 3.63) is 12.2 Å². The molecule has 0 fully saturated rings. The van der Waals surface area contributed by atoms with Gasteiger partial charge in [-0.25, -0.2) is 0 Å². The molecule has 4 heteroatoms. The van der Waals surface area contributed by atoms with E-state index < -0.39 is 13.7 Å². The van der Waals surface area contributed by atoms with Gasteiger partial charge in [0.05, 0.1) is 12.2 Å². The van der Waals surface area contributed by atoms with Crippen LogP contribution in [0.3, 0.4) is 0 Å². The van der Waals surface area contributed by atoms with Gasteiger partial charge in [-0.15, -0.1) is 0 Å². The first-order valence-corrected chi connectivity index (χ1v) is 9.09. The molecule has 1 atom stereocenters. The molecule has 0 aliphatic rings. The van der Waals surface area contributed by atoms with Crippen LogP contribution in [0.15, 0.2) is 12.2 Å². The first kappa shape index (κ1) is 17.1. The normalized spacial score (nSPS) is 15.4. The van der Waals surface area contributed by atoms with E-state index in [1.54, 1.807) is 6.08 Å². The molecule has 102 valence electrons. The highest BCUT2D eigenvalue weighted by molar-refractivity contribution is 6.74. The lowest BCUT2D eigenvalue weighted by atomic mass is 9.88. The molecule has 0 aromatic carbocycles. The Kier molecular flexibility index (Phi) is 5.51. The number of hydrogen-bond acceptors (Lipinski definition) is 3. The fraction of sp³-hybridized carbons (Fsp3) is 0.714. The molecule has 0 bridgehead atoms. The van der Waals surface area contributed by atoms with Crippen LogP contribution in [0.25, 0.3) is 0 Å². The first-order valence-electron chi connectivity index (χ1n) is 6.18. The van der Waals surface area contributed by atoms with Crippen LogP contribution in [-0.4, -0.2) is 20.7 Å². The van der Waals surface area contributed by atoms with Crippen LogP contribution >= 0.6 is 0 Å². The van der Waals surface area contributed by atoms with Crippen LogP contribution < -0.4 is 0 Å². The van der Waals surface area contributed by atoms with E-state index in [-0.39, 0.29) is 11.1 Å². The summed E-state index contributed by atoms with van der Waals surface area (Å²) < 4.78 is 6.23. The molecule has 0 unspecified atom stereocenters. The molecule has 0 heterocycles. The van der Waals surface area contributed by atoms with E-state index in [1.807, 2.05) is 19.9 Å². The van der Waals surface area contributed by atoms with Crippen LogP contribution in [0.1, 0.15) is 34.6 Å². The summed E-state index contributed by atoms with van der Waals surface area (Å²) in [6, 6.07) is 1.96. The van der Waals surface area contributed by atoms with E-state index in [2.05, 4.69) is 33.9 Å². The zero-order valence-electron chi connectivity index (χ0n) is 12.6. The molecule has 0 saturated carbocycles. The van der Waals surface area contributed by atoms with E-state index in [0.717, 1.165) is 6.29 Å². The van der Waals surface area contributed by atoms with Gasteiger partial charge in [0, 0.05) is 11.5 Å². The van der Waals surface area contributed by atoms with Crippen LogP contribution in [0.5, 0.6) is 0 Å². The second-order valence-electron chi connectivity index (χ2n) is 6.73. The topological polar surface area (TPSA) is 50.1 Å². The van der Waals surface area contributed by atoms with Crippen molar-refractivity contribution >= 4 is 14.6 Å². The van der Waals surface area contributed by atoms with Gasteiger partial charge in [0.2, 0.25) is 0 Å². The third-order valence-electron chi connectivity index (χ3n) is 3.61. The molecule has 0 N–H and O–H groups in total. The fourth-order valence-electron chi connectivity index (χ4n) is 1.13. The molecule has 0 aliphatic heterocycles. The molecule has 0 aromatic rings. The number of nitriles is 1. The monoisotopic (exact) mass is 267 g/mol. The largest absolute Gasteiger partial charge is 0.410 e. The average molecular weight is 267 g/mol. The van der Waals surface area contributed by atoms with Crippen LogP contribution in [-0.2, 0) is 9.22 Å². The summed E-state index contributed by atoms with van der Waals surface area (Å²) in [4.78, 5) is 11.2. The zero-order chi connectivity index (χ0) is 14.6. The van der Waals surface area contributed by atoms with Crippen LogP contribution in [0.2, 0.25) is 18.1 Å². The number of allylic oxidation sites excluding steroid dienone is 1. The molecule has 0 radical (unpaired) electrons. The minimum atomic E-state index is -1.96. The second-order valence-corrected chi connectivity index (χ2v) is 11.5. The Morgan fingerprint density at radius 2 is 1.72 bits per heavy atom. The Labute approximate surface area is 112 Å². The Morgan fingerprint density at radius 1 is 1.22 bits per heavy atom. The second kappa shape index (κ2) is 5.81. The highest BCUT2D eigenvalue weighted by Crippen LogP contribution is 2.39. The minimum Gasteiger partial charge on any atom is -0.410 e. The van der Waals surface area contributed by atoms with E-state index in [1.165, 1.54) is 6.08 Å². The first-order chi connectivity index (χ1) is 7.98. The number of rotatable bonds is 5. The van der Waals surface area contributed by atoms with Gasteiger partial charge in [-0.05, 0) is 24.2 Å². The molecule has 0 aliphatic carbocycles. The van der Waals surface area contributed by atoms with Gasteiger partial charge in [-0.2, -0.15) is 5.26 Å². The van der Waals surface area contributed by atoms with Crippen LogP contribution in [0, 0.1) is 16.7 Å². The third-order valence-corrected chi connectivity index (χ3v) is 8.07. The summed E-state index contributed by atoms with van der Waals surface area (Å²) in [5, 5.41) is 8.72. The van der Waals surface area contributed by atoms with Gasteiger partial charge in [-0.3, -0.25) is 0 Å². The summed E-state index contributed by atoms with van der Waals surface area (Å²) in [5.74, 6) is 0. The number of nitrogens with zero attached hydrogens (tertiary/aromatic N) is 1. The van der Waals surface area contributed by atoms with Gasteiger partial charge in [-0.1, -0.05) is 34.6 Å². The van der Waals surface area contributed by atoms with Crippen molar-refractivity contribution in [3.8, 4) is 6.07 Å². The number of hydrogen-bond donors (Lipinski definition) is 0. The maximum Gasteiger partial charge on any atom is 0.192 e. The van der Waals surface area contributed by atoms with Crippen molar-refractivity contribution in [2.45, 2.75) is 58.9 Å². The fourth-order valence-corrected chi connectivity index (χ4v) is 2.50. The highest BCUT2D eigenvalue weighted by atomic mass is 28.4. The lowest BCUT2D eigenvalue weighted by molar-refractivity contribution is -0.118. The maximum absolute atomic E-state index is 11.2. The van der Waals surface area contributed by atoms with Gasteiger partial charge in [0.15, 0.2) is 8.32 Å². The molecular weight excluding hydrogens is 242 g/mol. The lowest BCUT2D eigenvalue weighted by Crippen LogP contribution is -2.47. The predicted octanol–water partition coefficient (Wildman–Crippen LogP) is 3.68. The summed E-state index contributed by atoms with van der Waals surface area (Å²) >= 11 is 0. The number of carbonyl (C=O) groups is 1. The summed E-state index contributed by atoms with van der Waals surface area (Å²) in [6.45, 7) is 14.4. The van der Waals surface area contributed by atoms with Crippen molar-refractivity contribution in [1.29, 1.82) is 5.26 Å². The van der Waals surface area contributed by atoms with E-state index >= 15 is 0 Å². The van der Waals surface area contributed by atoms with Crippen molar-refractivity contribution in [2.24, 2.45) is 5.41 Å². The molecular formula is C14H25NO2Si. The molecule has 0 amide bonds. The highest BCUT2D eigenvalue weighted by Gasteiger charge is 2.42. The Bertz CT molecular complexity index is 359. The molecule has 0 spiro atoms. The van der Waals surface area contributed by atoms with E-state index in [4.69, 9.17) is 9.69 Å². The van der Waals surface area contributed by atoms with Crippen molar-refractivity contribution < 1.29 is 9.22 Å². The lowest BCUT2D eigenvalue weighted by Gasteiger charge is -2.41. The zero-order valence-corrected chi connectivity index (χ0v) is 13.6. The van der Waals surface area contributed by atoms with Crippen molar-refractivity contribution in [3.63, 3.8) is 0 Å². The van der Waals surface area contributed by atoms with Gasteiger partial charge in [0.25, 0.3) is 0 Å². The van der Waals surface area contributed by atoms with Crippen LogP contribution in [0.4, 0.5) is 0 Å². The van der Waals surface area contributed by atoms with Gasteiger partial charge < -0.3 is 9.22 Å². The van der Waals surface area contributed by atoms with Crippen molar-refractivity contribution in [1.82, 2.24) is 0 Å². The molecule has 0 saturated heterocycles. The smallest absolute Gasteiger partial charge is 0.192 e. The van der Waals surface area contributed by atoms with Crippen molar-refractivity contribution in [2.75, 3.05) is 0 Å². The Balaban J connectivity index is 5.22. The SMILES string of the molecule is CC(C)(C=O)[C@H](/C=C/C#N)O[Si](C)(C)C(C)(C)C. The minimum absolute atomic E-state index is 0.0741. The average Bonchev–Trinajstić information content (AvgIpc) is 2.22. The standard InChI is InChI=1S/C14H25NO2Si/c1-13(2,3)18(6,7)17-12(9-8-10-15)14(4,5)11-16/h8-9,11-12H,1-7H3/b9-8+/t12-/m0/s1.